The molecule has 188 valence electrons. The van der Waals surface area contributed by atoms with Crippen molar-refractivity contribution in [2.45, 2.75) is 52.7 Å². The Hall–Kier alpha value is -3.30. The van der Waals surface area contributed by atoms with Gasteiger partial charge in [0.15, 0.2) is 0 Å². The summed E-state index contributed by atoms with van der Waals surface area (Å²) in [5.74, 6) is -2.54. The van der Waals surface area contributed by atoms with Crippen LogP contribution in [-0.2, 0) is 23.8 Å². The molecule has 0 aliphatic heterocycles. The summed E-state index contributed by atoms with van der Waals surface area (Å²) in [6.07, 6.45) is -0.374. The van der Waals surface area contributed by atoms with E-state index in [1.807, 2.05) is 18.2 Å². The minimum absolute atomic E-state index is 0.119. The lowest BCUT2D eigenvalue weighted by molar-refractivity contribution is -0.147. The Kier molecular flexibility index (Phi) is 9.70. The highest BCUT2D eigenvalue weighted by Gasteiger charge is 2.61. The molecule has 3 amide bonds. The molecule has 1 fully saturated rings. The van der Waals surface area contributed by atoms with Crippen LogP contribution >= 0.6 is 0 Å². The fraction of sp³-hybridized carbons (Fsp3) is 0.583. The van der Waals surface area contributed by atoms with Crippen LogP contribution in [0.5, 0.6) is 0 Å². The number of para-hydroxylation sites is 1. The molecule has 1 aromatic rings. The van der Waals surface area contributed by atoms with E-state index in [2.05, 4.69) is 16.0 Å². The fourth-order valence-corrected chi connectivity index (χ4v) is 3.83. The molecule has 10 heteroatoms. The Morgan fingerprint density at radius 1 is 1.00 bits per heavy atom. The van der Waals surface area contributed by atoms with Gasteiger partial charge in [0.25, 0.3) is 0 Å². The van der Waals surface area contributed by atoms with Crippen LogP contribution in [0.15, 0.2) is 30.3 Å². The number of esters is 2. The molecule has 1 aromatic carbocycles. The smallest absolute Gasteiger partial charge is 0.408 e. The first kappa shape index (κ1) is 26.9. The fourth-order valence-electron chi connectivity index (χ4n) is 3.83. The Balaban J connectivity index is 2.05. The molecule has 0 unspecified atom stereocenters. The Morgan fingerprint density at radius 2 is 1.65 bits per heavy atom. The van der Waals surface area contributed by atoms with Gasteiger partial charge in [0.1, 0.15) is 11.6 Å². The third kappa shape index (κ3) is 8.24. The van der Waals surface area contributed by atoms with Gasteiger partial charge in [0.05, 0.1) is 19.1 Å². The number of urea groups is 1. The van der Waals surface area contributed by atoms with E-state index in [0.717, 1.165) is 0 Å². The van der Waals surface area contributed by atoms with Gasteiger partial charge in [0.2, 0.25) is 0 Å². The first-order chi connectivity index (χ1) is 16.1. The first-order valence-electron chi connectivity index (χ1n) is 11.5. The molecule has 0 spiro atoms. The van der Waals surface area contributed by atoms with Gasteiger partial charge in [-0.15, -0.1) is 0 Å². The van der Waals surface area contributed by atoms with Crippen molar-refractivity contribution in [1.29, 1.82) is 0 Å². The second kappa shape index (κ2) is 12.2. The van der Waals surface area contributed by atoms with E-state index >= 15 is 0 Å². The zero-order chi connectivity index (χ0) is 25.3. The molecule has 0 saturated heterocycles. The van der Waals surface area contributed by atoms with Crippen molar-refractivity contribution in [3.8, 4) is 0 Å². The van der Waals surface area contributed by atoms with Gasteiger partial charge in [-0.2, -0.15) is 0 Å². The number of alkyl carbamates (subject to hydrolysis) is 1. The van der Waals surface area contributed by atoms with Gasteiger partial charge in [0, 0.05) is 18.2 Å². The van der Waals surface area contributed by atoms with Gasteiger partial charge >= 0.3 is 24.1 Å². The normalized spacial score (nSPS) is 19.9. The summed E-state index contributed by atoms with van der Waals surface area (Å²) in [4.78, 5) is 49.7. The molecule has 2 rings (SSSR count). The SMILES string of the molecule is CCOC(=O)[C@H]1[C@H](CCNC(=O)Nc2ccccc2)[C@@H]1[C@H](NC(=O)OC(C)(C)C)C(=O)OCC. The maximum atomic E-state index is 12.7. The second-order valence-electron chi connectivity index (χ2n) is 8.93. The quantitative estimate of drug-likeness (QED) is 0.348. The average molecular weight is 478 g/mol. The molecule has 10 nitrogen and oxygen atoms in total. The Morgan fingerprint density at radius 3 is 2.24 bits per heavy atom. The summed E-state index contributed by atoms with van der Waals surface area (Å²) in [7, 11) is 0. The van der Waals surface area contributed by atoms with Crippen LogP contribution in [0, 0.1) is 17.8 Å². The average Bonchev–Trinajstić information content (AvgIpc) is 3.45. The summed E-state index contributed by atoms with van der Waals surface area (Å²) in [5.41, 5.74) is -0.110. The molecule has 4 atom stereocenters. The number of rotatable bonds is 10. The molecule has 0 aromatic heterocycles. The maximum absolute atomic E-state index is 12.7. The number of hydrogen-bond acceptors (Lipinski definition) is 7. The lowest BCUT2D eigenvalue weighted by Gasteiger charge is -2.23. The third-order valence-corrected chi connectivity index (χ3v) is 5.18. The molecule has 34 heavy (non-hydrogen) atoms. The summed E-state index contributed by atoms with van der Waals surface area (Å²) >= 11 is 0. The zero-order valence-corrected chi connectivity index (χ0v) is 20.4. The van der Waals surface area contributed by atoms with Crippen molar-refractivity contribution in [1.82, 2.24) is 10.6 Å². The van der Waals surface area contributed by atoms with Gasteiger partial charge in [-0.3, -0.25) is 4.79 Å². The van der Waals surface area contributed by atoms with Crippen LogP contribution in [0.2, 0.25) is 0 Å². The van der Waals surface area contributed by atoms with Crippen molar-refractivity contribution < 1.29 is 33.4 Å². The van der Waals surface area contributed by atoms with Crippen molar-refractivity contribution in [2.24, 2.45) is 17.8 Å². The van der Waals surface area contributed by atoms with E-state index in [1.165, 1.54) is 0 Å². The monoisotopic (exact) mass is 477 g/mol. The zero-order valence-electron chi connectivity index (χ0n) is 20.4. The van der Waals surface area contributed by atoms with Crippen molar-refractivity contribution in [2.75, 3.05) is 25.1 Å². The predicted octanol–water partition coefficient (Wildman–Crippen LogP) is 3.08. The highest BCUT2D eigenvalue weighted by Crippen LogP contribution is 2.51. The van der Waals surface area contributed by atoms with Gasteiger partial charge in [-0.05, 0) is 59.1 Å². The van der Waals surface area contributed by atoms with Crippen molar-refractivity contribution in [3.05, 3.63) is 30.3 Å². The van der Waals surface area contributed by atoms with Crippen LogP contribution in [0.25, 0.3) is 0 Å². The second-order valence-corrected chi connectivity index (χ2v) is 8.93. The van der Waals surface area contributed by atoms with Crippen molar-refractivity contribution >= 4 is 29.8 Å². The van der Waals surface area contributed by atoms with E-state index in [1.54, 1.807) is 46.8 Å². The minimum Gasteiger partial charge on any atom is -0.466 e. The van der Waals surface area contributed by atoms with Gasteiger partial charge in [-0.1, -0.05) is 18.2 Å². The molecule has 0 heterocycles. The lowest BCUT2D eigenvalue weighted by atomic mass is 10.1. The predicted molar refractivity (Wildman–Crippen MR) is 125 cm³/mol. The number of anilines is 1. The van der Waals surface area contributed by atoms with Crippen LogP contribution in [0.4, 0.5) is 15.3 Å². The van der Waals surface area contributed by atoms with Gasteiger partial charge < -0.3 is 30.2 Å². The number of amides is 3. The Bertz CT molecular complexity index is 854. The maximum Gasteiger partial charge on any atom is 0.408 e. The van der Waals surface area contributed by atoms with Crippen LogP contribution < -0.4 is 16.0 Å². The molecule has 3 N–H and O–H groups in total. The first-order valence-corrected chi connectivity index (χ1v) is 11.5. The van der Waals surface area contributed by atoms with Crippen LogP contribution in [0.1, 0.15) is 41.0 Å². The number of hydrogen-bond donors (Lipinski definition) is 3. The van der Waals surface area contributed by atoms with E-state index in [0.29, 0.717) is 12.1 Å². The molecular weight excluding hydrogens is 442 g/mol. The minimum atomic E-state index is -1.08. The summed E-state index contributed by atoms with van der Waals surface area (Å²) in [6.45, 7) is 9.05. The Labute approximate surface area is 200 Å². The number of carbonyl (C=O) groups excluding carboxylic acids is 4. The lowest BCUT2D eigenvalue weighted by Crippen LogP contribution is -2.46. The standard InChI is InChI=1S/C24H35N3O7/c1-6-32-20(28)18-16(13-14-25-22(30)26-15-11-9-8-10-12-15)17(18)19(21(29)33-7-2)27-23(31)34-24(3,4)5/h8-12,16-19H,6-7,13-14H2,1-5H3,(H,27,31)(H2,25,26,30)/t16-,17+,18+,19+/m1/s1. The molecule has 0 bridgehead atoms. The molecule has 0 radical (unpaired) electrons. The number of benzene rings is 1. The van der Waals surface area contributed by atoms with Crippen LogP contribution in [0.3, 0.4) is 0 Å². The van der Waals surface area contributed by atoms with E-state index in [9.17, 15) is 19.2 Å². The largest absolute Gasteiger partial charge is 0.466 e. The van der Waals surface area contributed by atoms with Crippen molar-refractivity contribution in [3.63, 3.8) is 0 Å². The molecule has 1 aliphatic rings. The van der Waals surface area contributed by atoms with E-state index in [-0.39, 0.29) is 31.7 Å². The highest BCUT2D eigenvalue weighted by atomic mass is 16.6. The van der Waals surface area contributed by atoms with Crippen LogP contribution in [-0.4, -0.2) is 55.5 Å². The van der Waals surface area contributed by atoms with E-state index in [4.69, 9.17) is 14.2 Å². The molecular formula is C24H35N3O7. The number of ether oxygens (including phenoxy) is 3. The summed E-state index contributed by atoms with van der Waals surface area (Å²) in [5, 5.41) is 8.03. The number of nitrogens with one attached hydrogen (secondary N) is 3. The number of carbonyl (C=O) groups is 4. The summed E-state index contributed by atoms with van der Waals surface area (Å²) in [6, 6.07) is 7.52. The third-order valence-electron chi connectivity index (χ3n) is 5.18. The topological polar surface area (TPSA) is 132 Å². The molecule has 1 saturated carbocycles. The molecule has 1 aliphatic carbocycles. The van der Waals surface area contributed by atoms with Gasteiger partial charge in [-0.25, -0.2) is 14.4 Å². The van der Waals surface area contributed by atoms with E-state index < -0.39 is 41.5 Å². The summed E-state index contributed by atoms with van der Waals surface area (Å²) < 4.78 is 15.6. The highest BCUT2D eigenvalue weighted by molar-refractivity contribution is 5.89.